The maximum atomic E-state index is 11.6. The number of carbonyl (C=O) groups excluding carboxylic acids is 3. The fraction of sp³-hybridized carbons (Fsp3) is 0.750. The van der Waals surface area contributed by atoms with Gasteiger partial charge in [0.05, 0.1) is 19.1 Å². The summed E-state index contributed by atoms with van der Waals surface area (Å²) in [6.07, 6.45) is -0.522. The molecule has 0 unspecified atom stereocenters. The molecule has 0 aromatic rings. The number of hydrogen-bond donors (Lipinski definition) is 3. The molecule has 2 atom stereocenters. The van der Waals surface area contributed by atoms with Crippen LogP contribution in [-0.4, -0.2) is 54.9 Å². The number of nitrogens with two attached hydrogens (primary N) is 1. The zero-order valence-electron chi connectivity index (χ0n) is 11.8. The lowest BCUT2D eigenvalue weighted by Gasteiger charge is -2.15. The second kappa shape index (κ2) is 10.2. The molecule has 8 heteroatoms. The van der Waals surface area contributed by atoms with Crippen LogP contribution in [0.3, 0.4) is 0 Å². The number of ether oxygens (including phenoxy) is 2. The van der Waals surface area contributed by atoms with Gasteiger partial charge >= 0.3 is 11.9 Å². The Morgan fingerprint density at radius 2 is 1.85 bits per heavy atom. The van der Waals surface area contributed by atoms with Crippen LogP contribution in [0.15, 0.2) is 0 Å². The minimum absolute atomic E-state index is 0.0986. The molecule has 0 saturated heterocycles. The second-order valence-corrected chi connectivity index (χ2v) is 4.17. The van der Waals surface area contributed by atoms with Crippen molar-refractivity contribution in [2.45, 2.75) is 38.8 Å². The summed E-state index contributed by atoms with van der Waals surface area (Å²) in [6, 6.07) is -0.765. The Morgan fingerprint density at radius 3 is 2.35 bits per heavy atom. The molecule has 0 aliphatic rings. The molecule has 0 rings (SSSR count). The molecule has 0 aromatic heterocycles. The van der Waals surface area contributed by atoms with E-state index in [1.54, 1.807) is 6.92 Å². The van der Waals surface area contributed by atoms with Crippen molar-refractivity contribution in [3.05, 3.63) is 0 Å². The van der Waals surface area contributed by atoms with E-state index in [-0.39, 0.29) is 26.2 Å². The van der Waals surface area contributed by atoms with Crippen LogP contribution in [0.2, 0.25) is 0 Å². The molecule has 0 aliphatic carbocycles. The number of aliphatic hydroxyl groups excluding tert-OH is 1. The van der Waals surface area contributed by atoms with Gasteiger partial charge in [-0.3, -0.25) is 9.59 Å². The van der Waals surface area contributed by atoms with Crippen LogP contribution in [0.5, 0.6) is 0 Å². The molecule has 0 saturated carbocycles. The van der Waals surface area contributed by atoms with Crippen LogP contribution in [-0.2, 0) is 23.9 Å². The third-order valence-electron chi connectivity index (χ3n) is 2.27. The molecule has 0 radical (unpaired) electrons. The summed E-state index contributed by atoms with van der Waals surface area (Å²) in [5.74, 6) is -1.63. The van der Waals surface area contributed by atoms with Gasteiger partial charge in [-0.2, -0.15) is 0 Å². The standard InChI is InChI=1S/C12H22N2O6/c1-3-9(14-10(16)7-13)12(18)20-5-4-19-11(17)6-8(2)15/h8-9,15H,3-7,13H2,1-2H3,(H,14,16)/t8-,9+/m1/s1. The minimum atomic E-state index is -0.777. The van der Waals surface area contributed by atoms with Gasteiger partial charge < -0.3 is 25.6 Å². The Balaban J connectivity index is 3.91. The highest BCUT2D eigenvalue weighted by atomic mass is 16.6. The zero-order valence-corrected chi connectivity index (χ0v) is 11.8. The lowest BCUT2D eigenvalue weighted by molar-refractivity contribution is -0.155. The van der Waals surface area contributed by atoms with Gasteiger partial charge in [0.15, 0.2) is 0 Å². The summed E-state index contributed by atoms with van der Waals surface area (Å²) in [5, 5.41) is 11.4. The fourth-order valence-corrected chi connectivity index (χ4v) is 1.28. The number of esters is 2. The molecule has 116 valence electrons. The number of carbonyl (C=O) groups is 3. The molecular weight excluding hydrogens is 268 g/mol. The SMILES string of the molecule is CC[C@H](NC(=O)CN)C(=O)OCCOC(=O)C[C@@H](C)O. The van der Waals surface area contributed by atoms with Crippen molar-refractivity contribution in [1.29, 1.82) is 0 Å². The van der Waals surface area contributed by atoms with E-state index in [0.717, 1.165) is 0 Å². The molecule has 0 aliphatic heterocycles. The van der Waals surface area contributed by atoms with Crippen LogP contribution < -0.4 is 11.1 Å². The van der Waals surface area contributed by atoms with Gasteiger partial charge in [0.1, 0.15) is 19.3 Å². The largest absolute Gasteiger partial charge is 0.462 e. The summed E-state index contributed by atoms with van der Waals surface area (Å²) in [7, 11) is 0. The average molecular weight is 290 g/mol. The quantitative estimate of drug-likeness (QED) is 0.355. The lowest BCUT2D eigenvalue weighted by Crippen LogP contribution is -2.44. The molecule has 0 fully saturated rings. The minimum Gasteiger partial charge on any atom is -0.462 e. The highest BCUT2D eigenvalue weighted by Gasteiger charge is 2.19. The predicted octanol–water partition coefficient (Wildman–Crippen LogP) is -1.30. The molecule has 0 bridgehead atoms. The summed E-state index contributed by atoms with van der Waals surface area (Å²) >= 11 is 0. The third-order valence-corrected chi connectivity index (χ3v) is 2.27. The summed E-state index contributed by atoms with van der Waals surface area (Å²) < 4.78 is 9.60. The van der Waals surface area contributed by atoms with Crippen molar-refractivity contribution in [3.8, 4) is 0 Å². The van der Waals surface area contributed by atoms with E-state index in [4.69, 9.17) is 20.3 Å². The summed E-state index contributed by atoms with van der Waals surface area (Å²) in [5.41, 5.74) is 5.13. The smallest absolute Gasteiger partial charge is 0.328 e. The normalized spacial score (nSPS) is 13.2. The fourth-order valence-electron chi connectivity index (χ4n) is 1.28. The van der Waals surface area contributed by atoms with Gasteiger partial charge in [-0.05, 0) is 13.3 Å². The van der Waals surface area contributed by atoms with Crippen molar-refractivity contribution >= 4 is 17.8 Å². The highest BCUT2D eigenvalue weighted by molar-refractivity contribution is 5.85. The van der Waals surface area contributed by atoms with Crippen molar-refractivity contribution in [3.63, 3.8) is 0 Å². The average Bonchev–Trinajstić information content (AvgIpc) is 2.39. The highest BCUT2D eigenvalue weighted by Crippen LogP contribution is 1.96. The Labute approximate surface area is 117 Å². The van der Waals surface area contributed by atoms with Gasteiger partial charge in [-0.15, -0.1) is 0 Å². The Bertz CT molecular complexity index is 332. The molecule has 1 amide bonds. The molecular formula is C12H22N2O6. The van der Waals surface area contributed by atoms with E-state index in [9.17, 15) is 14.4 Å². The summed E-state index contributed by atoms with van der Waals surface area (Å²) in [4.78, 5) is 33.7. The zero-order chi connectivity index (χ0) is 15.5. The Morgan fingerprint density at radius 1 is 1.25 bits per heavy atom. The number of hydrogen-bond acceptors (Lipinski definition) is 7. The maximum absolute atomic E-state index is 11.6. The topological polar surface area (TPSA) is 128 Å². The van der Waals surface area contributed by atoms with Gasteiger partial charge in [0.25, 0.3) is 0 Å². The van der Waals surface area contributed by atoms with Crippen LogP contribution in [0.25, 0.3) is 0 Å². The summed E-state index contributed by atoms with van der Waals surface area (Å²) in [6.45, 7) is 2.76. The van der Waals surface area contributed by atoms with E-state index in [1.807, 2.05) is 0 Å². The van der Waals surface area contributed by atoms with Gasteiger partial charge in [0, 0.05) is 0 Å². The molecule has 0 spiro atoms. The Hall–Kier alpha value is -1.67. The van der Waals surface area contributed by atoms with Crippen LogP contribution in [0.1, 0.15) is 26.7 Å². The van der Waals surface area contributed by atoms with Crippen molar-refractivity contribution in [1.82, 2.24) is 5.32 Å². The van der Waals surface area contributed by atoms with Crippen molar-refractivity contribution in [2.75, 3.05) is 19.8 Å². The molecule has 20 heavy (non-hydrogen) atoms. The van der Waals surface area contributed by atoms with Crippen LogP contribution >= 0.6 is 0 Å². The van der Waals surface area contributed by atoms with Crippen molar-refractivity contribution in [2.24, 2.45) is 5.73 Å². The molecule has 0 aromatic carbocycles. The van der Waals surface area contributed by atoms with Crippen LogP contribution in [0.4, 0.5) is 0 Å². The monoisotopic (exact) mass is 290 g/mol. The first-order chi connectivity index (χ1) is 9.40. The number of amides is 1. The number of rotatable bonds is 9. The molecule has 0 heterocycles. The van der Waals surface area contributed by atoms with Gasteiger partial charge in [-0.25, -0.2) is 4.79 Å². The van der Waals surface area contributed by atoms with Gasteiger partial charge in [-0.1, -0.05) is 6.92 Å². The molecule has 8 nitrogen and oxygen atoms in total. The lowest BCUT2D eigenvalue weighted by atomic mass is 10.2. The van der Waals surface area contributed by atoms with Crippen molar-refractivity contribution < 1.29 is 29.0 Å². The van der Waals surface area contributed by atoms with E-state index in [2.05, 4.69) is 5.32 Å². The molecule has 4 N–H and O–H groups in total. The number of aliphatic hydroxyl groups is 1. The van der Waals surface area contributed by atoms with E-state index >= 15 is 0 Å². The van der Waals surface area contributed by atoms with E-state index in [0.29, 0.717) is 6.42 Å². The first kappa shape index (κ1) is 18.3. The maximum Gasteiger partial charge on any atom is 0.328 e. The Kier molecular flexibility index (Phi) is 9.31. The van der Waals surface area contributed by atoms with E-state index < -0.39 is 30.0 Å². The van der Waals surface area contributed by atoms with Crippen LogP contribution in [0, 0.1) is 0 Å². The third kappa shape index (κ3) is 8.44. The predicted molar refractivity (Wildman–Crippen MR) is 69.5 cm³/mol. The van der Waals surface area contributed by atoms with E-state index in [1.165, 1.54) is 6.92 Å². The second-order valence-electron chi connectivity index (χ2n) is 4.17. The first-order valence-electron chi connectivity index (χ1n) is 6.40. The number of nitrogens with one attached hydrogen (secondary N) is 1. The first-order valence-corrected chi connectivity index (χ1v) is 6.40. The van der Waals surface area contributed by atoms with Gasteiger partial charge in [0.2, 0.25) is 5.91 Å².